The van der Waals surface area contributed by atoms with Crippen molar-refractivity contribution in [3.63, 3.8) is 0 Å². The molecule has 1 aromatic rings. The number of hydrogen-bond donors (Lipinski definition) is 2. The summed E-state index contributed by atoms with van der Waals surface area (Å²) in [6, 6.07) is 8.27. The lowest BCUT2D eigenvalue weighted by molar-refractivity contribution is 0.121. The predicted molar refractivity (Wildman–Crippen MR) is 133 cm³/mol. The molecule has 7 heteroatoms. The lowest BCUT2D eigenvalue weighted by Crippen LogP contribution is -2.43. The van der Waals surface area contributed by atoms with E-state index < -0.39 is 0 Å². The molecule has 0 radical (unpaired) electrons. The van der Waals surface area contributed by atoms with Crippen LogP contribution in [0.3, 0.4) is 0 Å². The van der Waals surface area contributed by atoms with E-state index in [0.717, 1.165) is 43.8 Å². The maximum atomic E-state index is 6.19. The molecule has 3 rings (SSSR count). The fraction of sp³-hybridized carbons (Fsp3) is 0.682. The molecule has 1 aliphatic carbocycles. The minimum absolute atomic E-state index is 0. The van der Waals surface area contributed by atoms with Crippen LogP contribution in [-0.2, 0) is 10.2 Å². The third kappa shape index (κ3) is 7.56. The maximum absolute atomic E-state index is 6.19. The van der Waals surface area contributed by atoms with Crippen molar-refractivity contribution in [2.75, 3.05) is 53.0 Å². The van der Waals surface area contributed by atoms with Gasteiger partial charge in [-0.2, -0.15) is 0 Å². The Morgan fingerprint density at radius 1 is 1.28 bits per heavy atom. The molecule has 0 amide bonds. The van der Waals surface area contributed by atoms with Crippen molar-refractivity contribution < 1.29 is 4.74 Å². The Kier molecular flexibility index (Phi) is 10.5. The highest BCUT2D eigenvalue weighted by atomic mass is 127. The van der Waals surface area contributed by atoms with Gasteiger partial charge in [0.1, 0.15) is 0 Å². The molecule has 0 atom stereocenters. The van der Waals surface area contributed by atoms with E-state index in [1.165, 1.54) is 44.3 Å². The molecule has 1 aliphatic heterocycles. The molecule has 0 unspecified atom stereocenters. The number of ether oxygens (including phenoxy) is 1. The fourth-order valence-corrected chi connectivity index (χ4v) is 4.15. The van der Waals surface area contributed by atoms with Gasteiger partial charge in [0.15, 0.2) is 5.96 Å². The van der Waals surface area contributed by atoms with Crippen LogP contribution in [0.2, 0.25) is 5.02 Å². The summed E-state index contributed by atoms with van der Waals surface area (Å²) in [4.78, 5) is 7.42. The van der Waals surface area contributed by atoms with Crippen LogP contribution in [0, 0.1) is 5.92 Å². The Labute approximate surface area is 198 Å². The van der Waals surface area contributed by atoms with Crippen LogP contribution in [0.5, 0.6) is 0 Å². The van der Waals surface area contributed by atoms with Gasteiger partial charge in [-0.1, -0.05) is 23.7 Å². The molecular weight excluding hydrogens is 499 g/mol. The number of piperidine rings is 1. The first-order valence-electron chi connectivity index (χ1n) is 10.6. The number of nitrogens with one attached hydrogen (secondary N) is 2. The second-order valence-corrected chi connectivity index (χ2v) is 8.58. The van der Waals surface area contributed by atoms with E-state index in [4.69, 9.17) is 21.3 Å². The van der Waals surface area contributed by atoms with Crippen LogP contribution in [0.25, 0.3) is 0 Å². The average Bonchev–Trinajstić information content (AvgIpc) is 3.50. The Morgan fingerprint density at radius 2 is 2.03 bits per heavy atom. The quantitative estimate of drug-likeness (QED) is 0.287. The molecule has 2 N–H and O–H groups in total. The SMILES string of the molecule is CCNC(=NCC1(c2cccc(Cl)c2)CC1)NCC1CCN(CCOC)CC1.I. The molecular formula is C22H36ClIN4O. The van der Waals surface area contributed by atoms with Gasteiger partial charge in [0, 0.05) is 37.2 Å². The van der Waals surface area contributed by atoms with Crippen molar-refractivity contribution >= 4 is 41.5 Å². The highest BCUT2D eigenvalue weighted by Gasteiger charge is 2.44. The molecule has 29 heavy (non-hydrogen) atoms. The molecule has 5 nitrogen and oxygen atoms in total. The fourth-order valence-electron chi connectivity index (χ4n) is 3.96. The van der Waals surface area contributed by atoms with Crippen molar-refractivity contribution in [1.29, 1.82) is 0 Å². The summed E-state index contributed by atoms with van der Waals surface area (Å²) in [5.41, 5.74) is 1.50. The predicted octanol–water partition coefficient (Wildman–Crippen LogP) is 3.90. The number of benzene rings is 1. The van der Waals surface area contributed by atoms with Gasteiger partial charge in [0.2, 0.25) is 0 Å². The second kappa shape index (κ2) is 12.3. The number of methoxy groups -OCH3 is 1. The number of likely N-dealkylation sites (tertiary alicyclic amines) is 1. The van der Waals surface area contributed by atoms with Crippen molar-refractivity contribution in [3.8, 4) is 0 Å². The molecule has 2 fully saturated rings. The number of rotatable bonds is 9. The number of aliphatic imine (C=N–C) groups is 1. The number of guanidine groups is 1. The van der Waals surface area contributed by atoms with E-state index in [0.29, 0.717) is 5.92 Å². The highest BCUT2D eigenvalue weighted by molar-refractivity contribution is 14.0. The molecule has 0 aromatic heterocycles. The Bertz CT molecular complexity index is 645. The zero-order chi connectivity index (χ0) is 19.8. The van der Waals surface area contributed by atoms with E-state index in [1.807, 2.05) is 12.1 Å². The molecule has 1 saturated carbocycles. The van der Waals surface area contributed by atoms with Crippen LogP contribution in [0.4, 0.5) is 0 Å². The van der Waals surface area contributed by atoms with Gasteiger partial charge >= 0.3 is 0 Å². The first kappa shape index (κ1) is 24.7. The summed E-state index contributed by atoms with van der Waals surface area (Å²) < 4.78 is 5.19. The Balaban J connectivity index is 0.00000300. The number of hydrogen-bond acceptors (Lipinski definition) is 3. The van der Waals surface area contributed by atoms with Gasteiger partial charge in [0.25, 0.3) is 0 Å². The van der Waals surface area contributed by atoms with Crippen LogP contribution in [0.15, 0.2) is 29.3 Å². The van der Waals surface area contributed by atoms with Gasteiger partial charge in [-0.15, -0.1) is 24.0 Å². The largest absolute Gasteiger partial charge is 0.383 e. The minimum atomic E-state index is 0. The van der Waals surface area contributed by atoms with E-state index in [9.17, 15) is 0 Å². The summed E-state index contributed by atoms with van der Waals surface area (Å²) >= 11 is 6.19. The van der Waals surface area contributed by atoms with Gasteiger partial charge in [-0.05, 0) is 69.3 Å². The zero-order valence-corrected chi connectivity index (χ0v) is 20.8. The Hall–Kier alpha value is -0.570. The van der Waals surface area contributed by atoms with E-state index in [-0.39, 0.29) is 29.4 Å². The molecule has 1 aromatic carbocycles. The van der Waals surface area contributed by atoms with Crippen molar-refractivity contribution in [3.05, 3.63) is 34.9 Å². The van der Waals surface area contributed by atoms with Crippen molar-refractivity contribution in [2.45, 2.75) is 38.0 Å². The lowest BCUT2D eigenvalue weighted by Gasteiger charge is -2.32. The van der Waals surface area contributed by atoms with Crippen molar-refractivity contribution in [1.82, 2.24) is 15.5 Å². The molecule has 2 aliphatic rings. The van der Waals surface area contributed by atoms with Crippen LogP contribution < -0.4 is 10.6 Å². The van der Waals surface area contributed by atoms with Gasteiger partial charge in [-0.25, -0.2) is 0 Å². The Morgan fingerprint density at radius 3 is 2.66 bits per heavy atom. The van der Waals surface area contributed by atoms with Gasteiger partial charge in [0.05, 0.1) is 13.2 Å². The summed E-state index contributed by atoms with van der Waals surface area (Å²) in [5.74, 6) is 1.66. The number of halogens is 2. The van der Waals surface area contributed by atoms with E-state index >= 15 is 0 Å². The van der Waals surface area contributed by atoms with Crippen molar-refractivity contribution in [2.24, 2.45) is 10.9 Å². The highest BCUT2D eigenvalue weighted by Crippen LogP contribution is 2.48. The van der Waals surface area contributed by atoms with E-state index in [1.54, 1.807) is 7.11 Å². The second-order valence-electron chi connectivity index (χ2n) is 8.14. The van der Waals surface area contributed by atoms with Crippen LogP contribution >= 0.6 is 35.6 Å². The average molecular weight is 535 g/mol. The monoisotopic (exact) mass is 534 g/mol. The normalized spacial score (nSPS) is 19.5. The summed E-state index contributed by atoms with van der Waals surface area (Å²) in [6.07, 6.45) is 4.86. The first-order chi connectivity index (χ1) is 13.6. The smallest absolute Gasteiger partial charge is 0.191 e. The first-order valence-corrected chi connectivity index (χ1v) is 11.0. The summed E-state index contributed by atoms with van der Waals surface area (Å²) in [7, 11) is 1.77. The zero-order valence-electron chi connectivity index (χ0n) is 17.8. The van der Waals surface area contributed by atoms with Crippen LogP contribution in [0.1, 0.15) is 38.2 Å². The third-order valence-corrected chi connectivity index (χ3v) is 6.29. The van der Waals surface area contributed by atoms with Crippen LogP contribution in [-0.4, -0.2) is 63.8 Å². The van der Waals surface area contributed by atoms with Gasteiger partial charge < -0.3 is 20.3 Å². The number of nitrogens with zero attached hydrogens (tertiary/aromatic N) is 2. The minimum Gasteiger partial charge on any atom is -0.383 e. The lowest BCUT2D eigenvalue weighted by atomic mass is 9.96. The summed E-state index contributed by atoms with van der Waals surface area (Å²) in [5, 5.41) is 7.80. The topological polar surface area (TPSA) is 48.9 Å². The standard InChI is InChI=1S/C22H35ClN4O.HI/c1-3-24-21(25-16-18-7-11-27(12-8-18)13-14-28-2)26-17-22(9-10-22)19-5-4-6-20(23)15-19;/h4-6,15,18H,3,7-14,16-17H2,1-2H3,(H2,24,25,26);1H. The van der Waals surface area contributed by atoms with Gasteiger partial charge in [-0.3, -0.25) is 4.99 Å². The summed E-state index contributed by atoms with van der Waals surface area (Å²) in [6.45, 7) is 9.02. The third-order valence-electron chi connectivity index (χ3n) is 6.05. The molecule has 164 valence electrons. The molecule has 0 spiro atoms. The molecule has 1 saturated heterocycles. The maximum Gasteiger partial charge on any atom is 0.191 e. The van der Waals surface area contributed by atoms with E-state index in [2.05, 4.69) is 34.6 Å². The molecule has 1 heterocycles. The molecule has 0 bridgehead atoms.